The molecule has 1 heterocycles. The van der Waals surface area contributed by atoms with E-state index in [1.54, 1.807) is 0 Å². The van der Waals surface area contributed by atoms with Gasteiger partial charge in [-0.1, -0.05) is 48.5 Å². The predicted octanol–water partition coefficient (Wildman–Crippen LogP) is 6.14. The molecule has 0 aliphatic heterocycles. The molecule has 4 heteroatoms. The fourth-order valence-electron chi connectivity index (χ4n) is 4.52. The van der Waals surface area contributed by atoms with Gasteiger partial charge in [0.05, 0.1) is 23.2 Å². The Morgan fingerprint density at radius 2 is 0.885 bits per heavy atom. The van der Waals surface area contributed by atoms with Crippen molar-refractivity contribution in [3.63, 3.8) is 0 Å². The lowest BCUT2D eigenvalue weighted by Crippen LogP contribution is -2.29. The summed E-state index contributed by atoms with van der Waals surface area (Å²) in [5.74, 6) is 0.315. The van der Waals surface area contributed by atoms with Gasteiger partial charge >= 0.3 is 0 Å². The largest absolute Gasteiger partial charge is 0.247 e. The van der Waals surface area contributed by atoms with Crippen LogP contribution in [0.5, 0.6) is 0 Å². The van der Waals surface area contributed by atoms with Gasteiger partial charge in [-0.15, -0.1) is 0 Å². The molecule has 26 heavy (non-hydrogen) atoms. The molecular weight excluding hydrogens is 452 g/mol. The van der Waals surface area contributed by atoms with Crippen LogP contribution < -0.4 is 0 Å². The Balaban J connectivity index is 1.77. The molecule has 3 aliphatic carbocycles. The molecule has 124 valence electrons. The Bertz CT molecular complexity index is 1090. The number of nitrogens with zero attached hydrogens (tertiary/aromatic N) is 2. The molecule has 2 nitrogen and oxygen atoms in total. The maximum Gasteiger partial charge on any atom is 0.104 e. The molecule has 0 saturated heterocycles. The Morgan fingerprint density at radius 1 is 0.538 bits per heavy atom. The smallest absolute Gasteiger partial charge is 0.104 e. The normalized spacial score (nSPS) is 19.2. The minimum Gasteiger partial charge on any atom is -0.247 e. The van der Waals surface area contributed by atoms with E-state index in [-0.39, 0.29) is 11.8 Å². The molecule has 7 rings (SSSR count). The number of rotatable bonds is 0. The first-order chi connectivity index (χ1) is 12.7. The minimum atomic E-state index is 0.158. The van der Waals surface area contributed by atoms with Crippen LogP contribution in [0.15, 0.2) is 69.6 Å². The molecule has 0 amide bonds. The predicted molar refractivity (Wildman–Crippen MR) is 110 cm³/mol. The van der Waals surface area contributed by atoms with Gasteiger partial charge in [0.2, 0.25) is 0 Å². The molecule has 1 aromatic heterocycles. The zero-order chi connectivity index (χ0) is 17.4. The van der Waals surface area contributed by atoms with E-state index in [1.165, 1.54) is 22.3 Å². The number of hydrogen-bond donors (Lipinski definition) is 0. The zero-order valence-electron chi connectivity index (χ0n) is 13.6. The summed E-state index contributed by atoms with van der Waals surface area (Å²) in [4.78, 5) is 10.2. The number of benzene rings is 3. The Labute approximate surface area is 167 Å². The molecule has 0 unspecified atom stereocenters. The standard InChI is InChI=1S/C22H12Br2N2/c23-15-9-10-16(24)20-19(15)25-21-17-11-5-1-2-6-12(11)18(22(21)26-20)14-8-4-3-7-13(14)17/h1-10,17-18H. The molecule has 3 aromatic carbocycles. The van der Waals surface area contributed by atoms with Crippen LogP contribution in [0.3, 0.4) is 0 Å². The minimum absolute atomic E-state index is 0.158. The van der Waals surface area contributed by atoms with Gasteiger partial charge in [-0.05, 0) is 66.2 Å². The maximum atomic E-state index is 5.12. The monoisotopic (exact) mass is 462 g/mol. The van der Waals surface area contributed by atoms with E-state index < -0.39 is 0 Å². The number of aromatic nitrogens is 2. The Kier molecular flexibility index (Phi) is 3.04. The molecule has 0 fully saturated rings. The lowest BCUT2D eigenvalue weighted by atomic mass is 9.64. The van der Waals surface area contributed by atoms with Crippen LogP contribution in [0.1, 0.15) is 45.5 Å². The van der Waals surface area contributed by atoms with Crippen LogP contribution in [-0.2, 0) is 0 Å². The summed E-state index contributed by atoms with van der Waals surface area (Å²) in [5, 5.41) is 0. The van der Waals surface area contributed by atoms with E-state index in [0.717, 1.165) is 31.4 Å². The topological polar surface area (TPSA) is 25.8 Å². The van der Waals surface area contributed by atoms with Crippen LogP contribution in [0.25, 0.3) is 11.0 Å². The van der Waals surface area contributed by atoms with Crippen molar-refractivity contribution in [3.8, 4) is 0 Å². The molecular formula is C22H12Br2N2. The van der Waals surface area contributed by atoms with Crippen molar-refractivity contribution in [2.24, 2.45) is 0 Å². The molecule has 3 aliphatic rings. The maximum absolute atomic E-state index is 5.12. The first kappa shape index (κ1) is 15.1. The van der Waals surface area contributed by atoms with Crippen molar-refractivity contribution in [1.29, 1.82) is 0 Å². The van der Waals surface area contributed by atoms with Crippen LogP contribution in [0.2, 0.25) is 0 Å². The van der Waals surface area contributed by atoms with E-state index in [0.29, 0.717) is 0 Å². The second-order valence-corrected chi connectivity index (χ2v) is 8.55. The van der Waals surface area contributed by atoms with Crippen molar-refractivity contribution < 1.29 is 0 Å². The highest BCUT2D eigenvalue weighted by Crippen LogP contribution is 2.54. The summed E-state index contributed by atoms with van der Waals surface area (Å²) in [6, 6.07) is 21.5. The molecule has 2 bridgehead atoms. The van der Waals surface area contributed by atoms with Crippen LogP contribution >= 0.6 is 31.9 Å². The number of halogens is 2. The lowest BCUT2D eigenvalue weighted by molar-refractivity contribution is 0.709. The van der Waals surface area contributed by atoms with E-state index in [1.807, 2.05) is 12.1 Å². The van der Waals surface area contributed by atoms with Gasteiger partial charge < -0.3 is 0 Å². The second-order valence-electron chi connectivity index (χ2n) is 6.84. The first-order valence-electron chi connectivity index (χ1n) is 8.57. The zero-order valence-corrected chi connectivity index (χ0v) is 16.8. The van der Waals surface area contributed by atoms with Crippen LogP contribution in [-0.4, -0.2) is 9.97 Å². The highest BCUT2D eigenvalue weighted by molar-refractivity contribution is 9.11. The first-order valence-corrected chi connectivity index (χ1v) is 10.2. The van der Waals surface area contributed by atoms with Crippen molar-refractivity contribution in [2.75, 3.05) is 0 Å². The van der Waals surface area contributed by atoms with E-state index in [4.69, 9.17) is 9.97 Å². The van der Waals surface area contributed by atoms with Gasteiger partial charge in [0, 0.05) is 8.95 Å². The van der Waals surface area contributed by atoms with Crippen molar-refractivity contribution in [1.82, 2.24) is 9.97 Å². The van der Waals surface area contributed by atoms with E-state index in [9.17, 15) is 0 Å². The average molecular weight is 464 g/mol. The third-order valence-corrected chi connectivity index (χ3v) is 6.84. The van der Waals surface area contributed by atoms with Gasteiger partial charge in [-0.25, -0.2) is 9.97 Å². The molecule has 0 saturated carbocycles. The third kappa shape index (κ3) is 1.81. The molecule has 0 N–H and O–H groups in total. The molecule has 0 radical (unpaired) electrons. The molecule has 0 spiro atoms. The summed E-state index contributed by atoms with van der Waals surface area (Å²) >= 11 is 7.30. The fourth-order valence-corrected chi connectivity index (χ4v) is 5.34. The SMILES string of the molecule is Brc1ccc(Br)c2nc3c(nc12)C1c2ccccc2C3c2ccccc21. The molecule has 4 aromatic rings. The van der Waals surface area contributed by atoms with E-state index in [2.05, 4.69) is 80.4 Å². The number of fused-ring (bicyclic) bond motifs is 1. The Hall–Kier alpha value is -2.04. The van der Waals surface area contributed by atoms with Gasteiger partial charge in [-0.3, -0.25) is 0 Å². The molecule has 0 atom stereocenters. The van der Waals surface area contributed by atoms with Crippen LogP contribution in [0.4, 0.5) is 0 Å². The second kappa shape index (κ2) is 5.24. The van der Waals surface area contributed by atoms with Crippen molar-refractivity contribution in [3.05, 3.63) is 103 Å². The third-order valence-electron chi connectivity index (χ3n) is 5.56. The summed E-state index contributed by atoms with van der Waals surface area (Å²) in [6.45, 7) is 0. The van der Waals surface area contributed by atoms with E-state index >= 15 is 0 Å². The summed E-state index contributed by atoms with van der Waals surface area (Å²) in [6.07, 6.45) is 0. The van der Waals surface area contributed by atoms with Gasteiger partial charge in [-0.2, -0.15) is 0 Å². The summed E-state index contributed by atoms with van der Waals surface area (Å²) < 4.78 is 1.96. The van der Waals surface area contributed by atoms with Gasteiger partial charge in [0.15, 0.2) is 0 Å². The number of hydrogen-bond acceptors (Lipinski definition) is 2. The van der Waals surface area contributed by atoms with Crippen LogP contribution in [0, 0.1) is 0 Å². The van der Waals surface area contributed by atoms with Crippen molar-refractivity contribution >= 4 is 42.9 Å². The summed E-state index contributed by atoms with van der Waals surface area (Å²) in [5.41, 5.74) is 9.48. The van der Waals surface area contributed by atoms with Gasteiger partial charge in [0.25, 0.3) is 0 Å². The quantitative estimate of drug-likeness (QED) is 0.270. The fraction of sp³-hybridized carbons (Fsp3) is 0.0909. The van der Waals surface area contributed by atoms with Gasteiger partial charge in [0.1, 0.15) is 11.0 Å². The average Bonchev–Trinajstić information content (AvgIpc) is 2.69. The van der Waals surface area contributed by atoms with Crippen molar-refractivity contribution in [2.45, 2.75) is 11.8 Å². The summed E-state index contributed by atoms with van der Waals surface area (Å²) in [7, 11) is 0. The highest BCUT2D eigenvalue weighted by atomic mass is 79.9. The Morgan fingerprint density at radius 3 is 1.23 bits per heavy atom. The highest BCUT2D eigenvalue weighted by Gasteiger charge is 2.43. The lowest BCUT2D eigenvalue weighted by Gasteiger charge is -2.40.